The third-order valence-corrected chi connectivity index (χ3v) is 7.38. The second-order valence-corrected chi connectivity index (χ2v) is 12.6. The van der Waals surface area contributed by atoms with Gasteiger partial charge in [0.2, 0.25) is 0 Å². The van der Waals surface area contributed by atoms with Crippen LogP contribution in [-0.2, 0) is 4.43 Å². The molecule has 0 unspecified atom stereocenters. The normalized spacial score (nSPS) is 11.8. The fraction of sp³-hybridized carbons (Fsp3) is 0.913. The van der Waals surface area contributed by atoms with Gasteiger partial charge in [-0.3, -0.25) is 0 Å². The molecule has 1 nitrogen and oxygen atoms in total. The molecule has 0 aliphatic heterocycles. The minimum Gasteiger partial charge on any atom is -0.417 e. The monoisotopic (exact) mass is 368 g/mol. The van der Waals surface area contributed by atoms with E-state index in [4.69, 9.17) is 4.43 Å². The van der Waals surface area contributed by atoms with Gasteiger partial charge >= 0.3 is 0 Å². The van der Waals surface area contributed by atoms with Crippen LogP contribution in [0.2, 0.25) is 19.1 Å². The highest BCUT2D eigenvalue weighted by Crippen LogP contribution is 2.15. The first-order chi connectivity index (χ1) is 12.1. The van der Waals surface area contributed by atoms with Crippen LogP contribution in [0.15, 0.2) is 12.7 Å². The van der Waals surface area contributed by atoms with Gasteiger partial charge in [0.15, 0.2) is 8.32 Å². The summed E-state index contributed by atoms with van der Waals surface area (Å²) in [5.41, 5.74) is 0. The maximum absolute atomic E-state index is 6.06. The van der Waals surface area contributed by atoms with Crippen LogP contribution in [0.3, 0.4) is 0 Å². The molecule has 25 heavy (non-hydrogen) atoms. The standard InChI is InChI=1S/C23H48OSi/c1-5-7-8-9-10-11-12-13-14-15-16-17-18-19-20-21-22-24-25(3,4)23-6-2/h6H,2,5,7-23H2,1,3-4H3. The average Bonchev–Trinajstić information content (AvgIpc) is 2.57. The van der Waals surface area contributed by atoms with E-state index in [9.17, 15) is 0 Å². The Morgan fingerprint density at radius 2 is 1.00 bits per heavy atom. The predicted molar refractivity (Wildman–Crippen MR) is 118 cm³/mol. The molecule has 0 fully saturated rings. The molecule has 150 valence electrons. The number of hydrogen-bond donors (Lipinski definition) is 0. The Hall–Kier alpha value is -0.0831. The first-order valence-electron chi connectivity index (χ1n) is 11.4. The van der Waals surface area contributed by atoms with Gasteiger partial charge in [-0.1, -0.05) is 109 Å². The Morgan fingerprint density at radius 3 is 1.36 bits per heavy atom. The van der Waals surface area contributed by atoms with E-state index in [-0.39, 0.29) is 0 Å². The zero-order chi connectivity index (χ0) is 18.6. The van der Waals surface area contributed by atoms with Crippen molar-refractivity contribution in [2.24, 2.45) is 0 Å². The van der Waals surface area contributed by atoms with Crippen molar-refractivity contribution in [3.05, 3.63) is 12.7 Å². The van der Waals surface area contributed by atoms with E-state index in [0.717, 1.165) is 12.7 Å². The molecular weight excluding hydrogens is 320 g/mol. The summed E-state index contributed by atoms with van der Waals surface area (Å²) in [5, 5.41) is 0. The summed E-state index contributed by atoms with van der Waals surface area (Å²) in [6, 6.07) is 1.08. The van der Waals surface area contributed by atoms with Gasteiger partial charge in [-0.2, -0.15) is 0 Å². The number of allylic oxidation sites excluding steroid dienone is 1. The molecule has 0 aromatic rings. The van der Waals surface area contributed by atoms with Crippen LogP contribution < -0.4 is 0 Å². The fourth-order valence-electron chi connectivity index (χ4n) is 3.41. The van der Waals surface area contributed by atoms with Crippen LogP contribution in [0.5, 0.6) is 0 Å². The van der Waals surface area contributed by atoms with Crippen molar-refractivity contribution >= 4 is 8.32 Å². The minimum absolute atomic E-state index is 0.964. The number of hydrogen-bond acceptors (Lipinski definition) is 1. The van der Waals surface area contributed by atoms with Gasteiger partial charge in [0, 0.05) is 6.61 Å². The van der Waals surface area contributed by atoms with Crippen LogP contribution in [0.4, 0.5) is 0 Å². The summed E-state index contributed by atoms with van der Waals surface area (Å²) in [4.78, 5) is 0. The molecule has 0 N–H and O–H groups in total. The van der Waals surface area contributed by atoms with Crippen molar-refractivity contribution in [3.63, 3.8) is 0 Å². The molecule has 0 rings (SSSR count). The van der Waals surface area contributed by atoms with Gasteiger partial charge in [0.25, 0.3) is 0 Å². The van der Waals surface area contributed by atoms with Crippen molar-refractivity contribution < 1.29 is 4.43 Å². The lowest BCUT2D eigenvalue weighted by molar-refractivity contribution is 0.296. The zero-order valence-electron chi connectivity index (χ0n) is 17.9. The largest absolute Gasteiger partial charge is 0.417 e. The maximum atomic E-state index is 6.06. The summed E-state index contributed by atoms with van der Waals surface area (Å²) in [7, 11) is -1.43. The lowest BCUT2D eigenvalue weighted by Crippen LogP contribution is -2.29. The lowest BCUT2D eigenvalue weighted by Gasteiger charge is -2.20. The predicted octanol–water partition coefficient (Wildman–Crippen LogP) is 8.66. The molecule has 0 aliphatic rings. The maximum Gasteiger partial charge on any atom is 0.190 e. The van der Waals surface area contributed by atoms with Crippen LogP contribution >= 0.6 is 0 Å². The van der Waals surface area contributed by atoms with Crippen LogP contribution in [0.1, 0.15) is 110 Å². The first kappa shape index (κ1) is 24.9. The molecule has 0 spiro atoms. The average molecular weight is 369 g/mol. The molecule has 0 bridgehead atoms. The molecule has 2 heteroatoms. The van der Waals surface area contributed by atoms with Gasteiger partial charge in [-0.25, -0.2) is 0 Å². The third-order valence-electron chi connectivity index (χ3n) is 5.13. The van der Waals surface area contributed by atoms with E-state index in [2.05, 4.69) is 26.6 Å². The van der Waals surface area contributed by atoms with E-state index in [1.165, 1.54) is 103 Å². The highest BCUT2D eigenvalue weighted by atomic mass is 28.4. The molecule has 0 amide bonds. The van der Waals surface area contributed by atoms with Gasteiger partial charge in [-0.15, -0.1) is 6.58 Å². The van der Waals surface area contributed by atoms with E-state index in [1.54, 1.807) is 0 Å². The SMILES string of the molecule is C=CC[Si](C)(C)OCCCCCCCCCCCCCCCCCC. The van der Waals surface area contributed by atoms with E-state index in [0.29, 0.717) is 0 Å². The molecule has 0 saturated carbocycles. The Kier molecular flexibility index (Phi) is 18.6. The Labute approximate surface area is 161 Å². The van der Waals surface area contributed by atoms with Gasteiger partial charge in [-0.05, 0) is 25.6 Å². The molecule has 0 aromatic heterocycles. The molecule has 0 aromatic carbocycles. The molecule has 0 radical (unpaired) electrons. The second-order valence-electron chi connectivity index (χ2n) is 8.40. The Morgan fingerprint density at radius 1 is 0.640 bits per heavy atom. The lowest BCUT2D eigenvalue weighted by atomic mass is 10.0. The minimum atomic E-state index is -1.43. The summed E-state index contributed by atoms with van der Waals surface area (Å²) in [6.07, 6.45) is 24.8. The molecule has 0 heterocycles. The molecule has 0 aliphatic carbocycles. The quantitative estimate of drug-likeness (QED) is 0.119. The fourth-order valence-corrected chi connectivity index (χ4v) is 4.92. The highest BCUT2D eigenvalue weighted by molar-refractivity contribution is 6.71. The summed E-state index contributed by atoms with van der Waals surface area (Å²) in [6.45, 7) is 11.7. The third kappa shape index (κ3) is 20.1. The number of rotatable bonds is 20. The van der Waals surface area contributed by atoms with E-state index in [1.807, 2.05) is 6.08 Å². The summed E-state index contributed by atoms with van der Waals surface area (Å²) in [5.74, 6) is 0. The summed E-state index contributed by atoms with van der Waals surface area (Å²) >= 11 is 0. The second kappa shape index (κ2) is 18.7. The van der Waals surface area contributed by atoms with Crippen LogP contribution in [0, 0.1) is 0 Å². The highest BCUT2D eigenvalue weighted by Gasteiger charge is 2.19. The Balaban J connectivity index is 3.11. The Bertz CT molecular complexity index is 275. The van der Waals surface area contributed by atoms with Crippen LogP contribution in [0.25, 0.3) is 0 Å². The molecule has 0 atom stereocenters. The zero-order valence-corrected chi connectivity index (χ0v) is 18.9. The van der Waals surface area contributed by atoms with Gasteiger partial charge in [0.1, 0.15) is 0 Å². The van der Waals surface area contributed by atoms with Gasteiger partial charge in [0.05, 0.1) is 0 Å². The summed E-state index contributed by atoms with van der Waals surface area (Å²) < 4.78 is 6.06. The van der Waals surface area contributed by atoms with Crippen molar-refractivity contribution in [3.8, 4) is 0 Å². The van der Waals surface area contributed by atoms with E-state index < -0.39 is 8.32 Å². The van der Waals surface area contributed by atoms with Crippen molar-refractivity contribution in [2.45, 2.75) is 129 Å². The first-order valence-corrected chi connectivity index (χ1v) is 14.5. The van der Waals surface area contributed by atoms with Crippen LogP contribution in [-0.4, -0.2) is 14.9 Å². The number of unbranched alkanes of at least 4 members (excludes halogenated alkanes) is 15. The van der Waals surface area contributed by atoms with Crippen molar-refractivity contribution in [1.29, 1.82) is 0 Å². The molecule has 0 saturated heterocycles. The molecular formula is C23H48OSi. The van der Waals surface area contributed by atoms with Crippen molar-refractivity contribution in [2.75, 3.05) is 6.61 Å². The van der Waals surface area contributed by atoms with Gasteiger partial charge < -0.3 is 4.43 Å². The van der Waals surface area contributed by atoms with E-state index >= 15 is 0 Å². The smallest absolute Gasteiger partial charge is 0.190 e. The topological polar surface area (TPSA) is 9.23 Å². The van der Waals surface area contributed by atoms with Crippen molar-refractivity contribution in [1.82, 2.24) is 0 Å².